The zero-order valence-electron chi connectivity index (χ0n) is 30.8. The molecule has 0 aliphatic rings. The second-order valence-electron chi connectivity index (χ2n) is 14.4. The first kappa shape index (κ1) is 32.7. The molecule has 2 heterocycles. The fourth-order valence-corrected chi connectivity index (χ4v) is 8.17. The quantitative estimate of drug-likeness (QED) is 0.171. The molecule has 9 aromatic carbocycles. The van der Waals surface area contributed by atoms with E-state index in [1.54, 1.807) is 0 Å². The first-order valence-electron chi connectivity index (χ1n) is 19.2. The van der Waals surface area contributed by atoms with E-state index in [1.807, 2.05) is 36.4 Å². The monoisotopic (exact) mass is 727 g/mol. The van der Waals surface area contributed by atoms with Gasteiger partial charge in [-0.1, -0.05) is 176 Å². The van der Waals surface area contributed by atoms with E-state index in [0.717, 1.165) is 55.3 Å². The number of benzene rings is 9. The molecule has 11 aromatic rings. The number of hydrogen-bond donors (Lipinski definition) is 0. The third-order valence-electron chi connectivity index (χ3n) is 10.9. The lowest BCUT2D eigenvalue weighted by atomic mass is 9.94. The maximum Gasteiger partial charge on any atom is 0.164 e. The van der Waals surface area contributed by atoms with Crippen LogP contribution in [0.4, 0.5) is 0 Å². The summed E-state index contributed by atoms with van der Waals surface area (Å²) in [6.07, 6.45) is 0. The number of aromatic nitrogens is 3. The third-order valence-corrected chi connectivity index (χ3v) is 10.9. The summed E-state index contributed by atoms with van der Waals surface area (Å²) in [6, 6.07) is 70.0. The van der Waals surface area contributed by atoms with E-state index in [2.05, 4.69) is 164 Å². The average molecular weight is 728 g/mol. The van der Waals surface area contributed by atoms with Crippen molar-refractivity contribution in [1.29, 1.82) is 0 Å². The minimum Gasteiger partial charge on any atom is -0.456 e. The second-order valence-corrected chi connectivity index (χ2v) is 14.4. The van der Waals surface area contributed by atoms with Crippen LogP contribution in [0.2, 0.25) is 0 Å². The Bertz CT molecular complexity index is 3280. The van der Waals surface area contributed by atoms with Gasteiger partial charge in [0.15, 0.2) is 17.5 Å². The summed E-state index contributed by atoms with van der Waals surface area (Å²) in [5, 5.41) is 7.04. The summed E-state index contributed by atoms with van der Waals surface area (Å²) < 4.78 is 6.58. The molecule has 2 aromatic heterocycles. The Morgan fingerprint density at radius 1 is 0.281 bits per heavy atom. The molecule has 0 atom stereocenters. The van der Waals surface area contributed by atoms with E-state index >= 15 is 0 Å². The predicted octanol–water partition coefficient (Wildman–Crippen LogP) is 14.1. The zero-order chi connectivity index (χ0) is 37.7. The fourth-order valence-electron chi connectivity index (χ4n) is 8.17. The summed E-state index contributed by atoms with van der Waals surface area (Å²) in [5.41, 5.74) is 11.3. The Hall–Kier alpha value is -7.69. The smallest absolute Gasteiger partial charge is 0.164 e. The van der Waals surface area contributed by atoms with Gasteiger partial charge in [0.1, 0.15) is 11.2 Å². The van der Waals surface area contributed by atoms with Crippen molar-refractivity contribution in [3.63, 3.8) is 0 Å². The van der Waals surface area contributed by atoms with Crippen LogP contribution in [-0.2, 0) is 0 Å². The van der Waals surface area contributed by atoms with E-state index in [0.29, 0.717) is 17.5 Å². The summed E-state index contributed by atoms with van der Waals surface area (Å²) in [6.45, 7) is 0. The lowest BCUT2D eigenvalue weighted by Crippen LogP contribution is -2.00. The lowest BCUT2D eigenvalue weighted by Gasteiger charge is -2.11. The van der Waals surface area contributed by atoms with Crippen molar-refractivity contribution >= 4 is 43.5 Å². The molecule has 0 aliphatic carbocycles. The molecule has 266 valence electrons. The van der Waals surface area contributed by atoms with Gasteiger partial charge >= 0.3 is 0 Å². The minimum absolute atomic E-state index is 0.584. The van der Waals surface area contributed by atoms with Crippen LogP contribution in [0, 0.1) is 0 Å². The Balaban J connectivity index is 1.00. The Morgan fingerprint density at radius 2 is 0.754 bits per heavy atom. The fraction of sp³-hybridized carbons (Fsp3) is 0. The van der Waals surface area contributed by atoms with Gasteiger partial charge in [0.05, 0.1) is 0 Å². The molecule has 0 radical (unpaired) electrons. The molecular formula is C53H33N3O. The van der Waals surface area contributed by atoms with Gasteiger partial charge in [-0.25, -0.2) is 15.0 Å². The van der Waals surface area contributed by atoms with Crippen LogP contribution >= 0.6 is 0 Å². The molecule has 0 unspecified atom stereocenters. The molecule has 0 bridgehead atoms. The SMILES string of the molecule is c1ccc(-c2nc(-c3cccc(-c4cccc5ccccc45)c3)nc(-c3ccc4c(c3)oc3cccc(-c5ccc(-c6cccc7ccccc67)cc5)c34)n2)cc1. The second kappa shape index (κ2) is 13.6. The van der Waals surface area contributed by atoms with E-state index < -0.39 is 0 Å². The predicted molar refractivity (Wildman–Crippen MR) is 235 cm³/mol. The van der Waals surface area contributed by atoms with Crippen LogP contribution < -0.4 is 0 Å². The summed E-state index contributed by atoms with van der Waals surface area (Å²) in [4.78, 5) is 15.2. The number of nitrogens with zero attached hydrogens (tertiary/aromatic N) is 3. The van der Waals surface area contributed by atoms with Crippen LogP contribution in [0.25, 0.3) is 111 Å². The van der Waals surface area contributed by atoms with Gasteiger partial charge in [-0.15, -0.1) is 0 Å². The van der Waals surface area contributed by atoms with Crippen molar-refractivity contribution in [2.45, 2.75) is 0 Å². The molecule has 0 aliphatic heterocycles. The van der Waals surface area contributed by atoms with Crippen LogP contribution in [0.1, 0.15) is 0 Å². The molecule has 0 spiro atoms. The Kier molecular flexibility index (Phi) is 7.78. The summed E-state index contributed by atoms with van der Waals surface area (Å²) >= 11 is 0. The lowest BCUT2D eigenvalue weighted by molar-refractivity contribution is 0.669. The van der Waals surface area contributed by atoms with Gasteiger partial charge in [0.25, 0.3) is 0 Å². The first-order chi connectivity index (χ1) is 28.2. The Morgan fingerprint density at radius 3 is 1.46 bits per heavy atom. The molecule has 0 saturated heterocycles. The van der Waals surface area contributed by atoms with E-state index in [-0.39, 0.29) is 0 Å². The van der Waals surface area contributed by atoms with Gasteiger partial charge in [-0.3, -0.25) is 0 Å². The Labute approximate surface area is 329 Å². The first-order valence-corrected chi connectivity index (χ1v) is 19.2. The van der Waals surface area contributed by atoms with Gasteiger partial charge in [0.2, 0.25) is 0 Å². The standard InChI is InChI=1S/C53H33N3O/c1-2-14-38(15-3-1)51-54-52(40-19-8-18-39(32-40)45-23-10-17-35-13-5-7-21-43(35)45)56-53(55-51)41-30-31-47-49(33-41)57-48-25-11-24-46(50(47)48)37-28-26-36(27-29-37)44-22-9-16-34-12-4-6-20-42(34)44/h1-33H. The number of fused-ring (bicyclic) bond motifs is 5. The largest absolute Gasteiger partial charge is 0.456 e. The highest BCUT2D eigenvalue weighted by Crippen LogP contribution is 2.40. The third kappa shape index (κ3) is 5.83. The maximum atomic E-state index is 6.58. The highest BCUT2D eigenvalue weighted by Gasteiger charge is 2.17. The van der Waals surface area contributed by atoms with Crippen molar-refractivity contribution < 1.29 is 4.42 Å². The topological polar surface area (TPSA) is 51.8 Å². The van der Waals surface area contributed by atoms with E-state index in [1.165, 1.54) is 38.2 Å². The van der Waals surface area contributed by atoms with E-state index in [9.17, 15) is 0 Å². The number of hydrogen-bond acceptors (Lipinski definition) is 4. The van der Waals surface area contributed by atoms with Crippen molar-refractivity contribution in [3.05, 3.63) is 200 Å². The van der Waals surface area contributed by atoms with Crippen molar-refractivity contribution in [3.8, 4) is 67.5 Å². The molecule has 0 N–H and O–H groups in total. The summed E-state index contributed by atoms with van der Waals surface area (Å²) in [5.74, 6) is 1.81. The molecule has 11 rings (SSSR count). The van der Waals surface area contributed by atoms with Crippen LogP contribution in [0.3, 0.4) is 0 Å². The molecule has 0 fully saturated rings. The molecule has 4 nitrogen and oxygen atoms in total. The van der Waals surface area contributed by atoms with E-state index in [4.69, 9.17) is 19.4 Å². The zero-order valence-corrected chi connectivity index (χ0v) is 30.8. The molecule has 0 amide bonds. The van der Waals surface area contributed by atoms with Crippen LogP contribution in [0.15, 0.2) is 205 Å². The van der Waals surface area contributed by atoms with Crippen molar-refractivity contribution in [2.24, 2.45) is 0 Å². The van der Waals surface area contributed by atoms with Gasteiger partial charge in [-0.05, 0) is 79.2 Å². The normalized spacial score (nSPS) is 11.5. The van der Waals surface area contributed by atoms with Crippen molar-refractivity contribution in [1.82, 2.24) is 15.0 Å². The highest BCUT2D eigenvalue weighted by molar-refractivity contribution is 6.13. The highest BCUT2D eigenvalue weighted by atomic mass is 16.3. The van der Waals surface area contributed by atoms with Gasteiger partial charge < -0.3 is 4.42 Å². The van der Waals surface area contributed by atoms with Crippen LogP contribution in [-0.4, -0.2) is 15.0 Å². The molecule has 0 saturated carbocycles. The maximum absolute atomic E-state index is 6.58. The molecule has 4 heteroatoms. The van der Waals surface area contributed by atoms with Crippen molar-refractivity contribution in [2.75, 3.05) is 0 Å². The molecular weight excluding hydrogens is 695 g/mol. The molecule has 57 heavy (non-hydrogen) atoms. The van der Waals surface area contributed by atoms with Gasteiger partial charge in [-0.2, -0.15) is 0 Å². The van der Waals surface area contributed by atoms with Gasteiger partial charge in [0, 0.05) is 27.5 Å². The van der Waals surface area contributed by atoms with Crippen LogP contribution in [0.5, 0.6) is 0 Å². The average Bonchev–Trinajstić information content (AvgIpc) is 3.67. The minimum atomic E-state index is 0.584. The number of furan rings is 1. The summed E-state index contributed by atoms with van der Waals surface area (Å²) in [7, 11) is 0. The number of rotatable bonds is 6.